The zero-order valence-corrected chi connectivity index (χ0v) is 16.1. The van der Waals surface area contributed by atoms with Crippen LogP contribution in [0.15, 0.2) is 36.4 Å². The van der Waals surface area contributed by atoms with Crippen LogP contribution in [0.1, 0.15) is 46.4 Å². The van der Waals surface area contributed by atoms with Crippen molar-refractivity contribution in [2.45, 2.75) is 33.2 Å². The van der Waals surface area contributed by atoms with E-state index in [1.165, 1.54) is 0 Å². The van der Waals surface area contributed by atoms with Gasteiger partial charge in [-0.1, -0.05) is 30.7 Å². The van der Waals surface area contributed by atoms with Crippen molar-refractivity contribution in [1.82, 2.24) is 5.32 Å². The maximum absolute atomic E-state index is 12.6. The van der Waals surface area contributed by atoms with Gasteiger partial charge in [0.25, 0.3) is 5.91 Å². The third-order valence-corrected chi connectivity index (χ3v) is 4.80. The summed E-state index contributed by atoms with van der Waals surface area (Å²) in [6, 6.07) is 11.9. The van der Waals surface area contributed by atoms with Gasteiger partial charge >= 0.3 is 0 Å². The van der Waals surface area contributed by atoms with Gasteiger partial charge < -0.3 is 10.1 Å². The third-order valence-electron chi connectivity index (χ3n) is 3.90. The molecule has 0 aliphatic heterocycles. The van der Waals surface area contributed by atoms with Gasteiger partial charge in [-0.3, -0.25) is 4.79 Å². The van der Waals surface area contributed by atoms with Crippen LogP contribution in [-0.2, 0) is 0 Å². The van der Waals surface area contributed by atoms with Crippen LogP contribution >= 0.6 is 22.6 Å². The molecule has 0 saturated carbocycles. The summed E-state index contributed by atoms with van der Waals surface area (Å²) in [5.74, 6) is 0.831. The highest BCUT2D eigenvalue weighted by Crippen LogP contribution is 2.25. The van der Waals surface area contributed by atoms with Crippen LogP contribution in [0.25, 0.3) is 0 Å². The van der Waals surface area contributed by atoms with Crippen LogP contribution in [0.2, 0.25) is 0 Å². The van der Waals surface area contributed by atoms with Crippen molar-refractivity contribution >= 4 is 28.5 Å². The quantitative estimate of drug-likeness (QED) is 0.702. The molecule has 0 aromatic heterocycles. The lowest BCUT2D eigenvalue weighted by molar-refractivity contribution is 0.0934. The van der Waals surface area contributed by atoms with Gasteiger partial charge in [-0.25, -0.2) is 0 Å². The standard InChI is InChI=1S/C19H22INO2/c1-5-17(14-7-9-18(23-4)13(3)11-14)21-19(22)15-8-6-12(2)10-16(15)20/h6-11,17H,5H2,1-4H3,(H,21,22). The number of carbonyl (C=O) groups is 1. The summed E-state index contributed by atoms with van der Waals surface area (Å²) in [4.78, 5) is 12.6. The van der Waals surface area contributed by atoms with E-state index in [4.69, 9.17) is 4.74 Å². The first-order valence-electron chi connectivity index (χ1n) is 7.67. The largest absolute Gasteiger partial charge is 0.496 e. The molecular formula is C19H22INO2. The van der Waals surface area contributed by atoms with Crippen LogP contribution in [-0.4, -0.2) is 13.0 Å². The SMILES string of the molecule is CCC(NC(=O)c1ccc(C)cc1I)c1ccc(OC)c(C)c1. The summed E-state index contributed by atoms with van der Waals surface area (Å²) in [5.41, 5.74) is 4.05. The van der Waals surface area contributed by atoms with Crippen LogP contribution < -0.4 is 10.1 Å². The van der Waals surface area contributed by atoms with Gasteiger partial charge in [0, 0.05) is 3.57 Å². The lowest BCUT2D eigenvalue weighted by Crippen LogP contribution is -2.28. The number of ether oxygens (including phenoxy) is 1. The second-order valence-corrected chi connectivity index (χ2v) is 6.81. The van der Waals surface area contributed by atoms with Crippen molar-refractivity contribution in [1.29, 1.82) is 0 Å². The number of methoxy groups -OCH3 is 1. The minimum Gasteiger partial charge on any atom is -0.496 e. The first-order chi connectivity index (χ1) is 11.0. The van der Waals surface area contributed by atoms with Crippen molar-refractivity contribution in [3.8, 4) is 5.75 Å². The normalized spacial score (nSPS) is 11.9. The molecule has 2 rings (SSSR count). The predicted octanol–water partition coefficient (Wildman–Crippen LogP) is 4.80. The van der Waals surface area contributed by atoms with E-state index >= 15 is 0 Å². The summed E-state index contributed by atoms with van der Waals surface area (Å²) in [6.07, 6.45) is 0.833. The molecule has 0 saturated heterocycles. The van der Waals surface area contributed by atoms with E-state index < -0.39 is 0 Å². The van der Waals surface area contributed by atoms with Crippen LogP contribution in [0.3, 0.4) is 0 Å². The Morgan fingerprint density at radius 1 is 1.22 bits per heavy atom. The van der Waals surface area contributed by atoms with Crippen molar-refractivity contribution in [2.75, 3.05) is 7.11 Å². The molecule has 1 atom stereocenters. The molecule has 122 valence electrons. The summed E-state index contributed by atoms with van der Waals surface area (Å²) in [5, 5.41) is 3.14. The van der Waals surface area contributed by atoms with E-state index in [1.807, 2.05) is 44.2 Å². The van der Waals surface area contributed by atoms with E-state index in [-0.39, 0.29) is 11.9 Å². The first kappa shape index (κ1) is 17.8. The molecule has 0 heterocycles. The van der Waals surface area contributed by atoms with Crippen molar-refractivity contribution in [3.63, 3.8) is 0 Å². The molecular weight excluding hydrogens is 401 g/mol. The summed E-state index contributed by atoms with van der Waals surface area (Å²) in [7, 11) is 1.67. The number of carbonyl (C=O) groups excluding carboxylic acids is 1. The molecule has 2 aromatic carbocycles. The Morgan fingerprint density at radius 3 is 2.52 bits per heavy atom. The van der Waals surface area contributed by atoms with Gasteiger partial charge in [0.05, 0.1) is 18.7 Å². The number of benzene rings is 2. The molecule has 0 fully saturated rings. The maximum atomic E-state index is 12.6. The highest BCUT2D eigenvalue weighted by molar-refractivity contribution is 14.1. The Bertz CT molecular complexity index is 713. The fourth-order valence-electron chi connectivity index (χ4n) is 2.58. The van der Waals surface area contributed by atoms with Gasteiger partial charge in [0.2, 0.25) is 0 Å². The van der Waals surface area contributed by atoms with Gasteiger partial charge in [0.15, 0.2) is 0 Å². The van der Waals surface area contributed by atoms with E-state index in [2.05, 4.69) is 40.9 Å². The smallest absolute Gasteiger partial charge is 0.252 e. The van der Waals surface area contributed by atoms with Gasteiger partial charge in [-0.2, -0.15) is 0 Å². The van der Waals surface area contributed by atoms with Gasteiger partial charge in [0.1, 0.15) is 5.75 Å². The van der Waals surface area contributed by atoms with E-state index in [1.54, 1.807) is 7.11 Å². The lowest BCUT2D eigenvalue weighted by Gasteiger charge is -2.19. The number of halogens is 1. The minimum absolute atomic E-state index is 0.00999. The summed E-state index contributed by atoms with van der Waals surface area (Å²) in [6.45, 7) is 6.11. The number of amides is 1. The van der Waals surface area contributed by atoms with Gasteiger partial charge in [-0.05, 0) is 72.2 Å². The van der Waals surface area contributed by atoms with Crippen LogP contribution in [0.5, 0.6) is 5.75 Å². The molecule has 1 N–H and O–H groups in total. The third kappa shape index (κ3) is 4.25. The fourth-order valence-corrected chi connectivity index (χ4v) is 3.50. The Labute approximate surface area is 151 Å². The van der Waals surface area contributed by atoms with E-state index in [0.29, 0.717) is 0 Å². The molecule has 4 heteroatoms. The Hall–Kier alpha value is -1.56. The Balaban J connectivity index is 2.21. The van der Waals surface area contributed by atoms with Crippen molar-refractivity contribution in [3.05, 3.63) is 62.2 Å². The highest BCUT2D eigenvalue weighted by Gasteiger charge is 2.17. The summed E-state index contributed by atoms with van der Waals surface area (Å²) < 4.78 is 6.28. The van der Waals surface area contributed by atoms with Crippen LogP contribution in [0.4, 0.5) is 0 Å². The van der Waals surface area contributed by atoms with E-state index in [9.17, 15) is 4.79 Å². The first-order valence-corrected chi connectivity index (χ1v) is 8.75. The number of hydrogen-bond acceptors (Lipinski definition) is 2. The molecule has 1 amide bonds. The minimum atomic E-state index is -0.0327. The molecule has 2 aromatic rings. The molecule has 1 unspecified atom stereocenters. The predicted molar refractivity (Wildman–Crippen MR) is 102 cm³/mol. The van der Waals surface area contributed by atoms with Crippen molar-refractivity contribution < 1.29 is 9.53 Å². The lowest BCUT2D eigenvalue weighted by atomic mass is 10.0. The van der Waals surface area contributed by atoms with Gasteiger partial charge in [-0.15, -0.1) is 0 Å². The van der Waals surface area contributed by atoms with E-state index in [0.717, 1.165) is 38.0 Å². The molecule has 0 bridgehead atoms. The molecule has 23 heavy (non-hydrogen) atoms. The Morgan fingerprint density at radius 2 is 1.96 bits per heavy atom. The maximum Gasteiger partial charge on any atom is 0.252 e. The molecule has 0 radical (unpaired) electrons. The topological polar surface area (TPSA) is 38.3 Å². The average Bonchev–Trinajstić information content (AvgIpc) is 2.52. The zero-order valence-electron chi connectivity index (χ0n) is 13.9. The number of aryl methyl sites for hydroxylation is 2. The summed E-state index contributed by atoms with van der Waals surface area (Å²) >= 11 is 2.21. The molecule has 0 aliphatic rings. The number of nitrogens with one attached hydrogen (secondary N) is 1. The molecule has 0 spiro atoms. The number of hydrogen-bond donors (Lipinski definition) is 1. The molecule has 0 aliphatic carbocycles. The van der Waals surface area contributed by atoms with Crippen LogP contribution in [0, 0.1) is 17.4 Å². The Kier molecular flexibility index (Phi) is 6.04. The zero-order chi connectivity index (χ0) is 17.0. The second-order valence-electron chi connectivity index (χ2n) is 5.65. The molecule has 3 nitrogen and oxygen atoms in total. The van der Waals surface area contributed by atoms with Crippen molar-refractivity contribution in [2.24, 2.45) is 0 Å². The fraction of sp³-hybridized carbons (Fsp3) is 0.316. The number of rotatable bonds is 5. The monoisotopic (exact) mass is 423 g/mol. The average molecular weight is 423 g/mol. The highest BCUT2D eigenvalue weighted by atomic mass is 127. The second kappa shape index (κ2) is 7.81.